The van der Waals surface area contributed by atoms with Crippen molar-refractivity contribution in [3.63, 3.8) is 0 Å². The van der Waals surface area contributed by atoms with Crippen LogP contribution in [0.1, 0.15) is 56.7 Å². The number of carbonyl (C=O) groups is 1. The first-order valence-electron chi connectivity index (χ1n) is 8.51. The van der Waals surface area contributed by atoms with Crippen molar-refractivity contribution in [3.8, 4) is 0 Å². The van der Waals surface area contributed by atoms with Crippen LogP contribution in [0.3, 0.4) is 0 Å². The highest BCUT2D eigenvalue weighted by molar-refractivity contribution is 7.89. The second kappa shape index (κ2) is 6.79. The number of aryl methyl sites for hydroxylation is 1. The van der Waals surface area contributed by atoms with E-state index in [-0.39, 0.29) is 18.2 Å². The molecule has 134 valence electrons. The Morgan fingerprint density at radius 3 is 2.50 bits per heavy atom. The number of hydrogen-bond donors (Lipinski definition) is 1. The Balaban J connectivity index is 1.77. The van der Waals surface area contributed by atoms with Gasteiger partial charge in [0, 0.05) is 13.5 Å². The number of aromatic nitrogens is 2. The van der Waals surface area contributed by atoms with Gasteiger partial charge in [-0.1, -0.05) is 30.8 Å². The van der Waals surface area contributed by atoms with Gasteiger partial charge in [0.25, 0.3) is 0 Å². The molecule has 8 nitrogen and oxygen atoms in total. The van der Waals surface area contributed by atoms with E-state index in [2.05, 4.69) is 15.5 Å². The van der Waals surface area contributed by atoms with Crippen molar-refractivity contribution in [2.75, 3.05) is 18.8 Å². The Morgan fingerprint density at radius 1 is 1.25 bits per heavy atom. The summed E-state index contributed by atoms with van der Waals surface area (Å²) in [6.07, 6.45) is 6.20. The molecule has 0 radical (unpaired) electrons. The molecule has 1 aliphatic heterocycles. The highest BCUT2D eigenvalue weighted by atomic mass is 32.2. The lowest BCUT2D eigenvalue weighted by atomic mass is 9.89. The summed E-state index contributed by atoms with van der Waals surface area (Å²) in [5.74, 6) is 0.782. The SMILES string of the molecule is Cc1nc(C2(NC(=O)CN3CCCS3(=O)=O)CCCCCC2)no1. The van der Waals surface area contributed by atoms with Crippen LogP contribution in [0.25, 0.3) is 0 Å². The molecule has 0 bridgehead atoms. The van der Waals surface area contributed by atoms with Crippen LogP contribution in [0.2, 0.25) is 0 Å². The lowest BCUT2D eigenvalue weighted by Crippen LogP contribution is -2.50. The Labute approximate surface area is 142 Å². The number of nitrogens with zero attached hydrogens (tertiary/aromatic N) is 3. The topological polar surface area (TPSA) is 105 Å². The maximum Gasteiger partial charge on any atom is 0.236 e. The van der Waals surface area contributed by atoms with Crippen LogP contribution in [-0.4, -0.2) is 47.6 Å². The van der Waals surface area contributed by atoms with Crippen LogP contribution in [0, 0.1) is 6.92 Å². The molecule has 1 saturated heterocycles. The van der Waals surface area contributed by atoms with E-state index in [0.717, 1.165) is 38.5 Å². The second-order valence-electron chi connectivity index (χ2n) is 6.68. The van der Waals surface area contributed by atoms with Crippen LogP contribution in [0.4, 0.5) is 0 Å². The molecule has 1 aromatic rings. The summed E-state index contributed by atoms with van der Waals surface area (Å²) in [5.41, 5.74) is -0.658. The molecule has 1 N–H and O–H groups in total. The van der Waals surface area contributed by atoms with Gasteiger partial charge in [0.15, 0.2) is 5.82 Å². The normalized spacial score (nSPS) is 23.7. The van der Waals surface area contributed by atoms with Crippen molar-refractivity contribution in [1.29, 1.82) is 0 Å². The van der Waals surface area contributed by atoms with E-state index in [1.54, 1.807) is 6.92 Å². The fraction of sp³-hybridized carbons (Fsp3) is 0.800. The van der Waals surface area contributed by atoms with Gasteiger partial charge < -0.3 is 9.84 Å². The fourth-order valence-electron chi connectivity index (χ4n) is 3.57. The summed E-state index contributed by atoms with van der Waals surface area (Å²) in [4.78, 5) is 16.9. The van der Waals surface area contributed by atoms with E-state index in [0.29, 0.717) is 24.7 Å². The molecule has 1 aliphatic carbocycles. The third-order valence-electron chi connectivity index (χ3n) is 4.81. The van der Waals surface area contributed by atoms with Gasteiger partial charge in [0.1, 0.15) is 5.54 Å². The van der Waals surface area contributed by atoms with Crippen molar-refractivity contribution in [2.24, 2.45) is 0 Å². The highest BCUT2D eigenvalue weighted by Gasteiger charge is 2.40. The molecule has 0 unspecified atom stereocenters. The molecule has 1 saturated carbocycles. The molecule has 2 aliphatic rings. The lowest BCUT2D eigenvalue weighted by Gasteiger charge is -2.31. The number of carbonyl (C=O) groups excluding carboxylic acids is 1. The molecule has 0 atom stereocenters. The molecule has 9 heteroatoms. The van der Waals surface area contributed by atoms with E-state index >= 15 is 0 Å². The minimum Gasteiger partial charge on any atom is -0.342 e. The first-order valence-corrected chi connectivity index (χ1v) is 10.1. The van der Waals surface area contributed by atoms with Crippen molar-refractivity contribution in [2.45, 2.75) is 57.4 Å². The minimum absolute atomic E-state index is 0.120. The quantitative estimate of drug-likeness (QED) is 0.809. The summed E-state index contributed by atoms with van der Waals surface area (Å²) < 4.78 is 30.2. The van der Waals surface area contributed by atoms with E-state index in [4.69, 9.17) is 4.52 Å². The zero-order valence-electron chi connectivity index (χ0n) is 14.0. The first kappa shape index (κ1) is 17.3. The number of hydrogen-bond acceptors (Lipinski definition) is 6. The molecule has 24 heavy (non-hydrogen) atoms. The van der Waals surface area contributed by atoms with E-state index < -0.39 is 15.6 Å². The Bertz CT molecular complexity index is 692. The number of sulfonamides is 1. The monoisotopic (exact) mass is 356 g/mol. The summed E-state index contributed by atoms with van der Waals surface area (Å²) >= 11 is 0. The Hall–Kier alpha value is -1.48. The van der Waals surface area contributed by atoms with Crippen LogP contribution in [-0.2, 0) is 20.4 Å². The fourth-order valence-corrected chi connectivity index (χ4v) is 5.04. The average Bonchev–Trinajstić information content (AvgIpc) is 3.00. The molecule has 0 aromatic carbocycles. The van der Waals surface area contributed by atoms with Crippen molar-refractivity contribution in [3.05, 3.63) is 11.7 Å². The molecule has 0 spiro atoms. The zero-order chi connectivity index (χ0) is 17.2. The van der Waals surface area contributed by atoms with Gasteiger partial charge >= 0.3 is 0 Å². The largest absolute Gasteiger partial charge is 0.342 e. The van der Waals surface area contributed by atoms with Gasteiger partial charge in [-0.15, -0.1) is 0 Å². The Morgan fingerprint density at radius 2 is 1.96 bits per heavy atom. The van der Waals surface area contributed by atoms with Crippen LogP contribution in [0.15, 0.2) is 4.52 Å². The first-order chi connectivity index (χ1) is 11.4. The average molecular weight is 356 g/mol. The van der Waals surface area contributed by atoms with E-state index in [1.807, 2.05) is 0 Å². The number of nitrogens with one attached hydrogen (secondary N) is 1. The molecule has 2 heterocycles. The van der Waals surface area contributed by atoms with Gasteiger partial charge in [-0.05, 0) is 19.3 Å². The Kier molecular flexibility index (Phi) is 4.91. The standard InChI is InChI=1S/C15H24N4O4S/c1-12-16-14(18-23-12)15(7-4-2-3-5-8-15)17-13(20)11-19-9-6-10-24(19,21)22/h2-11H2,1H3,(H,17,20). The van der Waals surface area contributed by atoms with Crippen molar-refractivity contribution in [1.82, 2.24) is 19.8 Å². The van der Waals surface area contributed by atoms with Crippen molar-refractivity contribution >= 4 is 15.9 Å². The van der Waals surface area contributed by atoms with Gasteiger partial charge in [-0.3, -0.25) is 4.79 Å². The zero-order valence-corrected chi connectivity index (χ0v) is 14.8. The van der Waals surface area contributed by atoms with Gasteiger partial charge in [-0.2, -0.15) is 9.29 Å². The molecule has 1 amide bonds. The summed E-state index contributed by atoms with van der Waals surface area (Å²) in [6.45, 7) is 1.99. The van der Waals surface area contributed by atoms with Crippen LogP contribution < -0.4 is 5.32 Å². The van der Waals surface area contributed by atoms with E-state index in [1.165, 1.54) is 4.31 Å². The smallest absolute Gasteiger partial charge is 0.236 e. The summed E-state index contributed by atoms with van der Waals surface area (Å²) in [5, 5.41) is 7.07. The maximum atomic E-state index is 12.5. The molecular formula is C15H24N4O4S. The minimum atomic E-state index is -3.29. The molecule has 3 rings (SSSR count). The van der Waals surface area contributed by atoms with Gasteiger partial charge in [-0.25, -0.2) is 8.42 Å². The highest BCUT2D eigenvalue weighted by Crippen LogP contribution is 2.34. The number of rotatable bonds is 4. The van der Waals surface area contributed by atoms with Gasteiger partial charge in [0.05, 0.1) is 12.3 Å². The predicted molar refractivity (Wildman–Crippen MR) is 86.5 cm³/mol. The molecule has 2 fully saturated rings. The number of amides is 1. The summed E-state index contributed by atoms with van der Waals surface area (Å²) in [6, 6.07) is 0. The second-order valence-corrected chi connectivity index (χ2v) is 8.77. The molecular weight excluding hydrogens is 332 g/mol. The summed E-state index contributed by atoms with van der Waals surface area (Å²) in [7, 11) is -3.29. The van der Waals surface area contributed by atoms with Crippen molar-refractivity contribution < 1.29 is 17.7 Å². The van der Waals surface area contributed by atoms with Crippen LogP contribution >= 0.6 is 0 Å². The maximum absolute atomic E-state index is 12.5. The van der Waals surface area contributed by atoms with Crippen LogP contribution in [0.5, 0.6) is 0 Å². The third kappa shape index (κ3) is 3.61. The van der Waals surface area contributed by atoms with Gasteiger partial charge in [0.2, 0.25) is 21.8 Å². The lowest BCUT2D eigenvalue weighted by molar-refractivity contribution is -0.123. The third-order valence-corrected chi connectivity index (χ3v) is 6.72. The van der Waals surface area contributed by atoms with E-state index in [9.17, 15) is 13.2 Å². The predicted octanol–water partition coefficient (Wildman–Crippen LogP) is 1.08. The molecule has 1 aromatic heterocycles.